The summed E-state index contributed by atoms with van der Waals surface area (Å²) in [6.45, 7) is 1.27. The van der Waals surface area contributed by atoms with Crippen LogP contribution in [-0.4, -0.2) is 56.1 Å². The first kappa shape index (κ1) is 27.1. The van der Waals surface area contributed by atoms with Gasteiger partial charge in [0.15, 0.2) is 30.2 Å². The largest absolute Gasteiger partial charge is 0.497 e. The number of ether oxygens (including phenoxy) is 3. The Morgan fingerprint density at radius 2 is 2.03 bits per heavy atom. The third kappa shape index (κ3) is 6.31. The van der Waals surface area contributed by atoms with E-state index in [1.165, 1.54) is 32.1 Å². The van der Waals surface area contributed by atoms with E-state index in [1.54, 1.807) is 32.5 Å². The van der Waals surface area contributed by atoms with Gasteiger partial charge >= 0.3 is 0 Å². The van der Waals surface area contributed by atoms with Gasteiger partial charge in [-0.2, -0.15) is 0 Å². The Morgan fingerprint density at radius 1 is 1.21 bits per heavy atom. The van der Waals surface area contributed by atoms with Crippen molar-refractivity contribution in [2.45, 2.75) is 38.6 Å². The maximum absolute atomic E-state index is 12.6. The van der Waals surface area contributed by atoms with Gasteiger partial charge in [-0.3, -0.25) is 14.6 Å². The Labute approximate surface area is 222 Å². The van der Waals surface area contributed by atoms with Crippen molar-refractivity contribution in [1.29, 1.82) is 0 Å². The fraction of sp³-hybridized carbons (Fsp3) is 0.429. The molecule has 0 unspecified atom stereocenters. The van der Waals surface area contributed by atoms with E-state index in [2.05, 4.69) is 15.3 Å². The van der Waals surface area contributed by atoms with Crippen LogP contribution in [0.2, 0.25) is 0 Å². The van der Waals surface area contributed by atoms with E-state index in [1.807, 2.05) is 23.1 Å². The Morgan fingerprint density at radius 3 is 2.74 bits per heavy atom. The first-order valence-electron chi connectivity index (χ1n) is 12.9. The topological polar surface area (TPSA) is 129 Å². The number of rotatable bonds is 8. The highest BCUT2D eigenvalue weighted by Gasteiger charge is 2.30. The summed E-state index contributed by atoms with van der Waals surface area (Å²) in [5.41, 5.74) is 7.90. The Balaban J connectivity index is 0.000000206. The van der Waals surface area contributed by atoms with E-state index < -0.39 is 0 Å². The number of anilines is 2. The minimum absolute atomic E-state index is 0.0261. The predicted octanol–water partition coefficient (Wildman–Crippen LogP) is 3.71. The molecule has 0 bridgehead atoms. The maximum Gasteiger partial charge on any atom is 0.265 e. The van der Waals surface area contributed by atoms with Crippen LogP contribution in [-0.2, 0) is 16.1 Å². The summed E-state index contributed by atoms with van der Waals surface area (Å²) >= 11 is 0. The lowest BCUT2D eigenvalue weighted by atomic mass is 9.88. The molecule has 2 aromatic heterocycles. The number of nitrogens with two attached hydrogens (primary N) is 1. The number of nitrogens with one attached hydrogen (secondary N) is 1. The molecule has 10 nitrogen and oxygen atoms in total. The number of carbonyl (C=O) groups is 2. The molecule has 1 fully saturated rings. The molecule has 1 aliphatic heterocycles. The van der Waals surface area contributed by atoms with Gasteiger partial charge in [0.25, 0.3) is 5.91 Å². The zero-order valence-electron chi connectivity index (χ0n) is 21.9. The smallest absolute Gasteiger partial charge is 0.265 e. The first-order valence-corrected chi connectivity index (χ1v) is 12.9. The first-order chi connectivity index (χ1) is 18.6. The number of hydrogen-bond acceptors (Lipinski definition) is 9. The van der Waals surface area contributed by atoms with E-state index >= 15 is 0 Å². The Bertz CT molecular complexity index is 1260. The van der Waals surface area contributed by atoms with Gasteiger partial charge in [0, 0.05) is 25.5 Å². The third-order valence-electron chi connectivity index (χ3n) is 6.77. The van der Waals surface area contributed by atoms with Gasteiger partial charge in [0.05, 0.1) is 30.2 Å². The molecule has 3 N–H and O–H groups in total. The van der Waals surface area contributed by atoms with Crippen molar-refractivity contribution >= 4 is 34.6 Å². The van der Waals surface area contributed by atoms with Gasteiger partial charge in [-0.1, -0.05) is 19.3 Å². The van der Waals surface area contributed by atoms with Crippen molar-refractivity contribution in [3.8, 4) is 17.2 Å². The van der Waals surface area contributed by atoms with E-state index in [-0.39, 0.29) is 19.1 Å². The molecule has 2 aliphatic rings. The lowest BCUT2D eigenvalue weighted by molar-refractivity contribution is -0.121. The molecule has 0 radical (unpaired) electrons. The highest BCUT2D eigenvalue weighted by molar-refractivity contribution is 6.07. The second kappa shape index (κ2) is 13.0. The molecule has 38 heavy (non-hydrogen) atoms. The molecule has 1 amide bonds. The average Bonchev–Trinajstić information content (AvgIpc) is 2.97. The van der Waals surface area contributed by atoms with Crippen LogP contribution in [0.3, 0.4) is 0 Å². The Kier molecular flexibility index (Phi) is 9.31. The van der Waals surface area contributed by atoms with Gasteiger partial charge in [-0.05, 0) is 49.1 Å². The van der Waals surface area contributed by atoms with Gasteiger partial charge in [0.2, 0.25) is 0 Å². The lowest BCUT2D eigenvalue weighted by Crippen LogP contribution is -2.42. The molecule has 1 aromatic carbocycles. The summed E-state index contributed by atoms with van der Waals surface area (Å²) in [5.74, 6) is 3.19. The molecular weight excluding hydrogens is 486 g/mol. The van der Waals surface area contributed by atoms with Crippen molar-refractivity contribution in [2.75, 3.05) is 44.1 Å². The number of pyridine rings is 2. The van der Waals surface area contributed by atoms with Crippen LogP contribution in [0.1, 0.15) is 37.8 Å². The molecular formula is C28H35N5O5. The van der Waals surface area contributed by atoms with Crippen LogP contribution in [0.5, 0.6) is 17.2 Å². The number of hydrogen-bond donors (Lipinski definition) is 2. The van der Waals surface area contributed by atoms with Crippen molar-refractivity contribution < 1.29 is 23.8 Å². The summed E-state index contributed by atoms with van der Waals surface area (Å²) in [7, 11) is 3.38. The molecule has 0 saturated heterocycles. The van der Waals surface area contributed by atoms with Crippen LogP contribution in [0, 0.1) is 5.92 Å². The van der Waals surface area contributed by atoms with Crippen LogP contribution >= 0.6 is 0 Å². The monoisotopic (exact) mass is 521 g/mol. The number of aldehydes is 1. The number of nitrogens with zero attached hydrogens (tertiary/aromatic N) is 3. The summed E-state index contributed by atoms with van der Waals surface area (Å²) in [6, 6.07) is 9.26. The molecule has 3 aromatic rings. The van der Waals surface area contributed by atoms with Gasteiger partial charge in [0.1, 0.15) is 12.4 Å². The van der Waals surface area contributed by atoms with Gasteiger partial charge < -0.3 is 30.2 Å². The fourth-order valence-corrected chi connectivity index (χ4v) is 4.83. The van der Waals surface area contributed by atoms with Crippen LogP contribution in [0.4, 0.5) is 11.5 Å². The molecule has 5 rings (SSSR count). The molecule has 0 atom stereocenters. The average molecular weight is 522 g/mol. The van der Waals surface area contributed by atoms with Crippen molar-refractivity contribution in [2.24, 2.45) is 11.7 Å². The fourth-order valence-electron chi connectivity index (χ4n) is 4.83. The standard InChI is InChI=1S/C19H22N2O3.C9H13N3O2/c1-23-14-7-8-16-15(9-14)19-17(10-20-16)24-12-18(22)21(19)11-13-5-3-2-4-6-13;1-11-9-8(14-5-4-13)3-2-7(6-10)12-9/h7-10,13H,2-6,11-12H2,1H3;2-4H,5-6,10H2,1H3,(H,11,12). The zero-order chi connectivity index (χ0) is 26.9. The predicted molar refractivity (Wildman–Crippen MR) is 146 cm³/mol. The summed E-state index contributed by atoms with van der Waals surface area (Å²) in [6.07, 6.45) is 8.66. The summed E-state index contributed by atoms with van der Waals surface area (Å²) in [5, 5.41) is 3.78. The molecule has 10 heteroatoms. The second-order valence-corrected chi connectivity index (χ2v) is 9.23. The minimum Gasteiger partial charge on any atom is -0.497 e. The number of benzene rings is 1. The summed E-state index contributed by atoms with van der Waals surface area (Å²) in [4.78, 5) is 33.3. The number of aromatic nitrogens is 2. The molecule has 1 saturated carbocycles. The van der Waals surface area contributed by atoms with Crippen LogP contribution in [0.25, 0.3) is 10.9 Å². The van der Waals surface area contributed by atoms with Crippen molar-refractivity contribution in [3.63, 3.8) is 0 Å². The van der Waals surface area contributed by atoms with E-state index in [0.29, 0.717) is 36.1 Å². The quantitative estimate of drug-likeness (QED) is 0.426. The number of methoxy groups -OCH3 is 1. The van der Waals surface area contributed by atoms with Gasteiger partial charge in [-0.15, -0.1) is 0 Å². The highest BCUT2D eigenvalue weighted by Crippen LogP contribution is 2.40. The molecule has 0 spiro atoms. The number of amides is 1. The SMILES string of the molecule is CNc1nc(CN)ccc1OCC=O.COc1ccc2ncc3c(c2c1)N(CC1CCCCC1)C(=O)CO3. The highest BCUT2D eigenvalue weighted by atomic mass is 16.5. The molecule has 1 aliphatic carbocycles. The summed E-state index contributed by atoms with van der Waals surface area (Å²) < 4.78 is 16.1. The van der Waals surface area contributed by atoms with Gasteiger partial charge in [-0.25, -0.2) is 4.98 Å². The van der Waals surface area contributed by atoms with E-state index in [9.17, 15) is 9.59 Å². The normalized spacial score (nSPS) is 15.1. The molecule has 3 heterocycles. The van der Waals surface area contributed by atoms with E-state index in [0.717, 1.165) is 34.6 Å². The molecule has 202 valence electrons. The van der Waals surface area contributed by atoms with Crippen molar-refractivity contribution in [3.05, 3.63) is 42.2 Å². The second-order valence-electron chi connectivity index (χ2n) is 9.23. The van der Waals surface area contributed by atoms with Crippen molar-refractivity contribution in [1.82, 2.24) is 9.97 Å². The minimum atomic E-state index is 0.0261. The zero-order valence-corrected chi connectivity index (χ0v) is 21.9. The maximum atomic E-state index is 12.6. The Hall–Kier alpha value is -3.92. The van der Waals surface area contributed by atoms with Crippen LogP contribution < -0.4 is 30.2 Å². The lowest BCUT2D eigenvalue weighted by Gasteiger charge is -2.34. The number of carbonyl (C=O) groups excluding carboxylic acids is 2. The van der Waals surface area contributed by atoms with Crippen LogP contribution in [0.15, 0.2) is 36.5 Å². The third-order valence-corrected chi connectivity index (χ3v) is 6.77. The number of fused-ring (bicyclic) bond motifs is 3. The van der Waals surface area contributed by atoms with E-state index in [4.69, 9.17) is 19.9 Å².